The number of nitrogens with two attached hydrogens (primary N) is 1. The van der Waals surface area contributed by atoms with E-state index in [2.05, 4.69) is 0 Å². The van der Waals surface area contributed by atoms with E-state index in [1.807, 2.05) is 6.07 Å². The van der Waals surface area contributed by atoms with E-state index in [1.165, 1.54) is 0 Å². The Kier molecular flexibility index (Phi) is 6.85. The van der Waals surface area contributed by atoms with Crippen LogP contribution in [0.4, 0.5) is 4.39 Å². The zero-order valence-corrected chi connectivity index (χ0v) is 10.2. The van der Waals surface area contributed by atoms with E-state index < -0.39 is 12.7 Å². The molecule has 1 atom stereocenters. The van der Waals surface area contributed by atoms with Crippen LogP contribution in [0.2, 0.25) is 0 Å². The third kappa shape index (κ3) is 3.25. The zero-order valence-electron chi connectivity index (χ0n) is 9.40. The molecule has 1 rings (SSSR count). The second-order valence-electron chi connectivity index (χ2n) is 3.16. The molecule has 0 radical (unpaired) electrons. The van der Waals surface area contributed by atoms with Crippen LogP contribution >= 0.6 is 12.4 Å². The summed E-state index contributed by atoms with van der Waals surface area (Å²) in [6, 6.07) is 4.98. The van der Waals surface area contributed by atoms with Crippen LogP contribution in [0.15, 0.2) is 18.2 Å². The maximum absolute atomic E-state index is 12.2. The summed E-state index contributed by atoms with van der Waals surface area (Å²) in [4.78, 5) is 0. The summed E-state index contributed by atoms with van der Waals surface area (Å²) >= 11 is 0. The Bertz CT molecular complexity index is 301. The van der Waals surface area contributed by atoms with Crippen LogP contribution in [-0.2, 0) is 0 Å². The van der Waals surface area contributed by atoms with Crippen LogP contribution in [0.3, 0.4) is 0 Å². The van der Waals surface area contributed by atoms with E-state index >= 15 is 0 Å². The Morgan fingerprint density at radius 3 is 2.12 bits per heavy atom. The van der Waals surface area contributed by atoms with E-state index in [-0.39, 0.29) is 18.8 Å². The van der Waals surface area contributed by atoms with Crippen LogP contribution in [-0.4, -0.2) is 20.9 Å². The normalized spacial score (nSPS) is 11.5. The first-order valence-electron chi connectivity index (χ1n) is 4.77. The predicted octanol–water partition coefficient (Wildman–Crippen LogP) is 2.49. The van der Waals surface area contributed by atoms with E-state index in [0.717, 1.165) is 5.56 Å². The Morgan fingerprint density at radius 2 is 1.75 bits per heavy atom. The third-order valence-corrected chi connectivity index (χ3v) is 2.26. The van der Waals surface area contributed by atoms with Crippen molar-refractivity contribution in [1.29, 1.82) is 0 Å². The van der Waals surface area contributed by atoms with Gasteiger partial charge in [0.15, 0.2) is 0 Å². The lowest BCUT2D eigenvalue weighted by molar-refractivity contribution is 0.369. The van der Waals surface area contributed by atoms with Gasteiger partial charge in [-0.05, 0) is 18.6 Å². The lowest BCUT2D eigenvalue weighted by atomic mass is 10.0. The van der Waals surface area contributed by atoms with E-state index in [1.54, 1.807) is 26.4 Å². The van der Waals surface area contributed by atoms with Gasteiger partial charge in [0, 0.05) is 6.04 Å². The molecule has 16 heavy (non-hydrogen) atoms. The molecule has 0 aliphatic rings. The molecule has 2 N–H and O–H groups in total. The van der Waals surface area contributed by atoms with Crippen molar-refractivity contribution in [2.75, 3.05) is 20.9 Å². The topological polar surface area (TPSA) is 44.5 Å². The minimum Gasteiger partial charge on any atom is -0.496 e. The number of rotatable bonds is 5. The van der Waals surface area contributed by atoms with Crippen molar-refractivity contribution in [3.05, 3.63) is 23.8 Å². The molecule has 0 aliphatic carbocycles. The van der Waals surface area contributed by atoms with Crippen molar-refractivity contribution in [3.8, 4) is 11.5 Å². The molecule has 0 bridgehead atoms. The van der Waals surface area contributed by atoms with E-state index in [0.29, 0.717) is 11.5 Å². The third-order valence-electron chi connectivity index (χ3n) is 2.26. The van der Waals surface area contributed by atoms with Crippen LogP contribution in [0.1, 0.15) is 18.0 Å². The maximum Gasteiger partial charge on any atom is 0.127 e. The summed E-state index contributed by atoms with van der Waals surface area (Å²) < 4.78 is 22.6. The molecule has 1 aromatic rings. The maximum atomic E-state index is 12.2. The van der Waals surface area contributed by atoms with Gasteiger partial charge in [0.05, 0.1) is 26.5 Å². The summed E-state index contributed by atoms with van der Waals surface area (Å²) in [5.74, 6) is 1.27. The first kappa shape index (κ1) is 15.0. The predicted molar refractivity (Wildman–Crippen MR) is 64.3 cm³/mol. The fourth-order valence-corrected chi connectivity index (χ4v) is 1.51. The van der Waals surface area contributed by atoms with Gasteiger partial charge in [-0.3, -0.25) is 4.39 Å². The van der Waals surface area contributed by atoms with Gasteiger partial charge < -0.3 is 15.2 Å². The molecule has 3 nitrogen and oxygen atoms in total. The SMILES string of the molecule is COc1cccc(OC)c1[C@@H](N)CCF.Cl. The van der Waals surface area contributed by atoms with Crippen LogP contribution < -0.4 is 15.2 Å². The monoisotopic (exact) mass is 249 g/mol. The molecule has 0 unspecified atom stereocenters. The van der Waals surface area contributed by atoms with E-state index in [4.69, 9.17) is 15.2 Å². The van der Waals surface area contributed by atoms with Gasteiger partial charge in [-0.25, -0.2) is 0 Å². The molecule has 0 amide bonds. The second kappa shape index (κ2) is 7.30. The second-order valence-corrected chi connectivity index (χ2v) is 3.16. The van der Waals surface area contributed by atoms with Crippen molar-refractivity contribution in [3.63, 3.8) is 0 Å². The van der Waals surface area contributed by atoms with Gasteiger partial charge in [-0.2, -0.15) is 0 Å². The Balaban J connectivity index is 0.00000225. The number of hydrogen-bond acceptors (Lipinski definition) is 3. The highest BCUT2D eigenvalue weighted by molar-refractivity contribution is 5.85. The molecule has 1 aromatic carbocycles. The highest BCUT2D eigenvalue weighted by Gasteiger charge is 2.16. The molecule has 0 fully saturated rings. The number of hydrogen-bond donors (Lipinski definition) is 1. The lowest BCUT2D eigenvalue weighted by Gasteiger charge is -2.17. The minimum absolute atomic E-state index is 0. The summed E-state index contributed by atoms with van der Waals surface area (Å²) in [5.41, 5.74) is 6.58. The Hall–Kier alpha value is -1.00. The average Bonchev–Trinajstić information content (AvgIpc) is 2.28. The highest BCUT2D eigenvalue weighted by atomic mass is 35.5. The van der Waals surface area contributed by atoms with Crippen molar-refractivity contribution < 1.29 is 13.9 Å². The molecule has 0 aromatic heterocycles. The van der Waals surface area contributed by atoms with Crippen LogP contribution in [0.5, 0.6) is 11.5 Å². The first-order valence-corrected chi connectivity index (χ1v) is 4.77. The summed E-state index contributed by atoms with van der Waals surface area (Å²) in [6.07, 6.45) is 0.261. The number of benzene rings is 1. The Morgan fingerprint density at radius 1 is 1.25 bits per heavy atom. The molecule has 0 aliphatic heterocycles. The first-order chi connectivity index (χ1) is 7.24. The smallest absolute Gasteiger partial charge is 0.127 e. The number of ether oxygens (including phenoxy) is 2. The van der Waals surface area contributed by atoms with Gasteiger partial charge in [-0.15, -0.1) is 12.4 Å². The van der Waals surface area contributed by atoms with Gasteiger partial charge in [0.1, 0.15) is 11.5 Å². The fourth-order valence-electron chi connectivity index (χ4n) is 1.51. The number of methoxy groups -OCH3 is 2. The van der Waals surface area contributed by atoms with Crippen molar-refractivity contribution >= 4 is 12.4 Å². The number of alkyl halides is 1. The molecular formula is C11H17ClFNO2. The summed E-state index contributed by atoms with van der Waals surface area (Å²) in [7, 11) is 3.11. The van der Waals surface area contributed by atoms with Crippen LogP contribution in [0, 0.1) is 0 Å². The molecule has 0 saturated carbocycles. The van der Waals surface area contributed by atoms with Gasteiger partial charge in [0.25, 0.3) is 0 Å². The standard InChI is InChI=1S/C11H16FNO2.ClH/c1-14-9-4-3-5-10(15-2)11(9)8(13)6-7-12;/h3-5,8H,6-7,13H2,1-2H3;1H/t8-;/m0./s1. The summed E-state index contributed by atoms with van der Waals surface area (Å²) in [5, 5.41) is 0. The van der Waals surface area contributed by atoms with Gasteiger partial charge in [-0.1, -0.05) is 6.07 Å². The molecule has 0 saturated heterocycles. The molecule has 0 heterocycles. The highest BCUT2D eigenvalue weighted by Crippen LogP contribution is 2.34. The van der Waals surface area contributed by atoms with Crippen molar-refractivity contribution in [2.24, 2.45) is 5.73 Å². The molecule has 0 spiro atoms. The van der Waals surface area contributed by atoms with E-state index in [9.17, 15) is 4.39 Å². The van der Waals surface area contributed by atoms with Crippen molar-refractivity contribution in [1.82, 2.24) is 0 Å². The zero-order chi connectivity index (χ0) is 11.3. The largest absolute Gasteiger partial charge is 0.496 e. The molecule has 92 valence electrons. The van der Waals surface area contributed by atoms with Gasteiger partial charge >= 0.3 is 0 Å². The number of halogens is 2. The van der Waals surface area contributed by atoms with Crippen molar-refractivity contribution in [2.45, 2.75) is 12.5 Å². The minimum atomic E-state index is -0.456. The lowest BCUT2D eigenvalue weighted by Crippen LogP contribution is -2.13. The summed E-state index contributed by atoms with van der Waals surface area (Å²) in [6.45, 7) is -0.456. The Labute approximate surface area is 101 Å². The van der Waals surface area contributed by atoms with Crippen LogP contribution in [0.25, 0.3) is 0 Å². The fraction of sp³-hybridized carbons (Fsp3) is 0.455. The van der Waals surface area contributed by atoms with Gasteiger partial charge in [0.2, 0.25) is 0 Å². The molecular weight excluding hydrogens is 233 g/mol. The average molecular weight is 250 g/mol. The molecule has 5 heteroatoms. The quantitative estimate of drug-likeness (QED) is 0.872.